The molecule has 0 saturated heterocycles. The van der Waals surface area contributed by atoms with E-state index in [4.69, 9.17) is 5.53 Å². The second kappa shape index (κ2) is 3.00. The molecule has 1 aromatic heterocycles. The number of nitrogens with zero attached hydrogens (tertiary/aromatic N) is 3. The summed E-state index contributed by atoms with van der Waals surface area (Å²) in [6, 6.07) is 1.61. The van der Waals surface area contributed by atoms with E-state index in [1.54, 1.807) is 11.4 Å². The first-order valence-electron chi connectivity index (χ1n) is 2.46. The summed E-state index contributed by atoms with van der Waals surface area (Å²) in [7, 11) is 0. The van der Waals surface area contributed by atoms with Crippen LogP contribution in [-0.4, -0.2) is 6.29 Å². The highest BCUT2D eigenvalue weighted by molar-refractivity contribution is 7.14. The van der Waals surface area contributed by atoms with Crippen molar-refractivity contribution in [2.24, 2.45) is 5.11 Å². The zero-order valence-electron chi connectivity index (χ0n) is 4.89. The van der Waals surface area contributed by atoms with Gasteiger partial charge in [-0.15, -0.1) is 11.3 Å². The molecule has 1 rings (SSSR count). The monoisotopic (exact) mass is 153 g/mol. The van der Waals surface area contributed by atoms with Crippen molar-refractivity contribution in [2.45, 2.75) is 0 Å². The van der Waals surface area contributed by atoms with Crippen LogP contribution in [0.2, 0.25) is 0 Å². The van der Waals surface area contributed by atoms with Crippen molar-refractivity contribution in [1.82, 2.24) is 0 Å². The fourth-order valence-electron chi connectivity index (χ4n) is 0.523. The van der Waals surface area contributed by atoms with Crippen molar-refractivity contribution in [3.8, 4) is 0 Å². The Morgan fingerprint density at radius 3 is 3.20 bits per heavy atom. The Labute approximate surface area is 60.7 Å². The first kappa shape index (κ1) is 6.80. The van der Waals surface area contributed by atoms with Crippen LogP contribution in [0.5, 0.6) is 0 Å². The fourth-order valence-corrected chi connectivity index (χ4v) is 1.20. The quantitative estimate of drug-likeness (QED) is 0.278. The van der Waals surface area contributed by atoms with Crippen molar-refractivity contribution >= 4 is 22.6 Å². The van der Waals surface area contributed by atoms with E-state index >= 15 is 0 Å². The van der Waals surface area contributed by atoms with Gasteiger partial charge in [0.05, 0.1) is 0 Å². The molecule has 0 spiro atoms. The summed E-state index contributed by atoms with van der Waals surface area (Å²) in [6.07, 6.45) is 0.667. The normalized spacial score (nSPS) is 8.40. The van der Waals surface area contributed by atoms with Crippen LogP contribution in [0.3, 0.4) is 0 Å². The zero-order chi connectivity index (χ0) is 7.40. The maximum atomic E-state index is 10.2. The second-order valence-corrected chi connectivity index (χ2v) is 2.38. The van der Waals surface area contributed by atoms with Gasteiger partial charge in [-0.05, 0) is 22.1 Å². The molecule has 0 aliphatic heterocycles. The second-order valence-electron chi connectivity index (χ2n) is 1.49. The first-order valence-corrected chi connectivity index (χ1v) is 3.34. The minimum atomic E-state index is 0.428. The zero-order valence-corrected chi connectivity index (χ0v) is 5.71. The summed E-state index contributed by atoms with van der Waals surface area (Å²) in [5, 5.41) is 5.44. The number of hydrogen-bond acceptors (Lipinski definition) is 3. The lowest BCUT2D eigenvalue weighted by Crippen LogP contribution is -1.68. The third-order valence-electron chi connectivity index (χ3n) is 0.937. The number of hydrogen-bond donors (Lipinski definition) is 0. The molecular formula is C5H3N3OS. The van der Waals surface area contributed by atoms with Gasteiger partial charge in [-0.3, -0.25) is 4.79 Å². The van der Waals surface area contributed by atoms with E-state index < -0.39 is 0 Å². The summed E-state index contributed by atoms with van der Waals surface area (Å²) in [5.41, 5.74) is 8.45. The van der Waals surface area contributed by atoms with Gasteiger partial charge in [0.2, 0.25) is 0 Å². The summed E-state index contributed by atoms with van der Waals surface area (Å²) < 4.78 is 0. The van der Waals surface area contributed by atoms with Crippen LogP contribution in [0.1, 0.15) is 10.4 Å². The van der Waals surface area contributed by atoms with Gasteiger partial charge in [-0.2, -0.15) is 0 Å². The van der Waals surface area contributed by atoms with Crippen LogP contribution in [0.25, 0.3) is 10.4 Å². The molecule has 0 radical (unpaired) electrons. The van der Waals surface area contributed by atoms with Crippen molar-refractivity contribution in [2.75, 3.05) is 0 Å². The molecule has 0 atom stereocenters. The average Bonchev–Trinajstić information content (AvgIpc) is 2.36. The smallest absolute Gasteiger partial charge is 0.151 e. The SMILES string of the molecule is [N-]=[N+]=Nc1sccc1C=O. The standard InChI is InChI=1S/C5H3N3OS/c6-8-7-5-4(3-9)1-2-10-5/h1-3H. The lowest BCUT2D eigenvalue weighted by Gasteiger charge is -1.80. The molecule has 0 bridgehead atoms. The maximum absolute atomic E-state index is 10.2. The van der Waals surface area contributed by atoms with E-state index in [1.807, 2.05) is 0 Å². The molecule has 0 amide bonds. The highest BCUT2D eigenvalue weighted by Gasteiger charge is 1.97. The van der Waals surface area contributed by atoms with E-state index in [1.165, 1.54) is 11.3 Å². The molecule has 0 aromatic carbocycles. The Morgan fingerprint density at radius 2 is 2.60 bits per heavy atom. The van der Waals surface area contributed by atoms with E-state index in [-0.39, 0.29) is 0 Å². The Morgan fingerprint density at radius 1 is 1.80 bits per heavy atom. The van der Waals surface area contributed by atoms with Crippen LogP contribution < -0.4 is 0 Å². The average molecular weight is 153 g/mol. The van der Waals surface area contributed by atoms with Crippen molar-refractivity contribution in [3.63, 3.8) is 0 Å². The molecule has 0 aliphatic carbocycles. The summed E-state index contributed by atoms with van der Waals surface area (Å²) >= 11 is 1.25. The highest BCUT2D eigenvalue weighted by Crippen LogP contribution is 2.24. The Kier molecular flexibility index (Phi) is 2.04. The summed E-state index contributed by atoms with van der Waals surface area (Å²) in [6.45, 7) is 0. The van der Waals surface area contributed by atoms with Crippen molar-refractivity contribution < 1.29 is 4.79 Å². The van der Waals surface area contributed by atoms with Gasteiger partial charge in [0.25, 0.3) is 0 Å². The molecule has 1 heterocycles. The van der Waals surface area contributed by atoms with Crippen molar-refractivity contribution in [3.05, 3.63) is 27.5 Å². The maximum Gasteiger partial charge on any atom is 0.151 e. The molecule has 0 unspecified atom stereocenters. The van der Waals surface area contributed by atoms with Crippen molar-refractivity contribution in [1.29, 1.82) is 0 Å². The summed E-state index contributed by atoms with van der Waals surface area (Å²) in [4.78, 5) is 12.7. The molecule has 0 aliphatic rings. The number of thiophene rings is 1. The largest absolute Gasteiger partial charge is 0.298 e. The molecule has 4 nitrogen and oxygen atoms in total. The number of aldehydes is 1. The third kappa shape index (κ3) is 1.15. The van der Waals surface area contributed by atoms with Crippen LogP contribution >= 0.6 is 11.3 Å². The fraction of sp³-hybridized carbons (Fsp3) is 0. The molecule has 5 heteroatoms. The van der Waals surface area contributed by atoms with Gasteiger partial charge in [0.15, 0.2) is 6.29 Å². The molecule has 0 saturated carbocycles. The van der Waals surface area contributed by atoms with Gasteiger partial charge >= 0.3 is 0 Å². The Balaban J connectivity index is 3.12. The minimum absolute atomic E-state index is 0.428. The topological polar surface area (TPSA) is 65.8 Å². The van der Waals surface area contributed by atoms with Gasteiger partial charge in [-0.1, -0.05) is 0 Å². The van der Waals surface area contributed by atoms with Gasteiger partial charge in [0, 0.05) is 10.5 Å². The molecule has 1 aromatic rings. The van der Waals surface area contributed by atoms with Crippen LogP contribution in [-0.2, 0) is 0 Å². The van der Waals surface area contributed by atoms with Gasteiger partial charge in [0.1, 0.15) is 5.00 Å². The number of azide groups is 1. The van der Waals surface area contributed by atoms with Gasteiger partial charge in [-0.25, -0.2) is 0 Å². The molecule has 0 N–H and O–H groups in total. The predicted molar refractivity (Wildman–Crippen MR) is 38.5 cm³/mol. The number of carbonyl (C=O) groups is 1. The van der Waals surface area contributed by atoms with Gasteiger partial charge < -0.3 is 0 Å². The van der Waals surface area contributed by atoms with E-state index in [9.17, 15) is 4.79 Å². The highest BCUT2D eigenvalue weighted by atomic mass is 32.1. The Hall–Kier alpha value is -1.32. The Bertz CT molecular complexity index is 287. The number of carbonyl (C=O) groups excluding carboxylic acids is 1. The molecule has 10 heavy (non-hydrogen) atoms. The number of rotatable bonds is 2. The predicted octanol–water partition coefficient (Wildman–Crippen LogP) is 2.50. The van der Waals surface area contributed by atoms with E-state index in [2.05, 4.69) is 10.0 Å². The van der Waals surface area contributed by atoms with E-state index in [0.29, 0.717) is 16.9 Å². The van der Waals surface area contributed by atoms with Crippen LogP contribution in [0, 0.1) is 0 Å². The summed E-state index contributed by atoms with van der Waals surface area (Å²) in [5.74, 6) is 0. The van der Waals surface area contributed by atoms with Crippen LogP contribution in [0.4, 0.5) is 5.00 Å². The minimum Gasteiger partial charge on any atom is -0.298 e. The van der Waals surface area contributed by atoms with E-state index in [0.717, 1.165) is 0 Å². The molecule has 50 valence electrons. The molecular weight excluding hydrogens is 150 g/mol. The third-order valence-corrected chi connectivity index (χ3v) is 1.75. The molecule has 0 fully saturated rings. The lowest BCUT2D eigenvalue weighted by molar-refractivity contribution is 0.112. The first-order chi connectivity index (χ1) is 4.88. The lowest BCUT2D eigenvalue weighted by atomic mass is 10.4. The van der Waals surface area contributed by atoms with Crippen LogP contribution in [0.15, 0.2) is 16.6 Å².